The molecule has 3 rings (SSSR count). The summed E-state index contributed by atoms with van der Waals surface area (Å²) in [6.07, 6.45) is 0. The Balaban J connectivity index is 1.84. The van der Waals surface area contributed by atoms with E-state index >= 15 is 0 Å². The van der Waals surface area contributed by atoms with Crippen LogP contribution in [0.4, 0.5) is 15.8 Å². The van der Waals surface area contributed by atoms with Gasteiger partial charge in [0.15, 0.2) is 0 Å². The molecule has 0 aliphatic heterocycles. The highest BCUT2D eigenvalue weighted by molar-refractivity contribution is 7.92. The summed E-state index contributed by atoms with van der Waals surface area (Å²) in [5, 5.41) is 2.60. The van der Waals surface area contributed by atoms with Crippen LogP contribution in [0.5, 0.6) is 5.75 Å². The number of methoxy groups -OCH3 is 1. The number of benzene rings is 3. The summed E-state index contributed by atoms with van der Waals surface area (Å²) in [5.41, 5.74) is 0.791. The van der Waals surface area contributed by atoms with E-state index < -0.39 is 34.3 Å². The van der Waals surface area contributed by atoms with Gasteiger partial charge in [-0.05, 0) is 79.7 Å². The van der Waals surface area contributed by atoms with E-state index in [1.165, 1.54) is 67.8 Å². The lowest BCUT2D eigenvalue weighted by molar-refractivity contribution is -0.114. The molecule has 0 radical (unpaired) electrons. The first kappa shape index (κ1) is 24.7. The second kappa shape index (κ2) is 10.8. The van der Waals surface area contributed by atoms with Gasteiger partial charge in [-0.15, -0.1) is 0 Å². The van der Waals surface area contributed by atoms with Crippen molar-refractivity contribution in [1.82, 2.24) is 0 Å². The molecule has 0 aromatic heterocycles. The third-order valence-electron chi connectivity index (χ3n) is 4.73. The summed E-state index contributed by atoms with van der Waals surface area (Å²) >= 11 is 0. The second-order valence-corrected chi connectivity index (χ2v) is 8.87. The van der Waals surface area contributed by atoms with E-state index in [0.29, 0.717) is 17.0 Å². The SMILES string of the molecule is CCOC(=O)c1ccc(NC(=O)CN(c2ccc(F)cc2)S(=O)(=O)c2ccc(OC)cc2)cc1. The zero-order chi connectivity index (χ0) is 24.7. The number of halogens is 1. The van der Waals surface area contributed by atoms with Gasteiger partial charge in [0.1, 0.15) is 18.1 Å². The fraction of sp³-hybridized carbons (Fsp3) is 0.167. The van der Waals surface area contributed by atoms with Gasteiger partial charge in [0.2, 0.25) is 5.91 Å². The molecule has 0 aliphatic rings. The third kappa shape index (κ3) is 5.90. The van der Waals surface area contributed by atoms with Gasteiger partial charge in [0.05, 0.1) is 29.9 Å². The zero-order valence-electron chi connectivity index (χ0n) is 18.5. The highest BCUT2D eigenvalue weighted by Crippen LogP contribution is 2.25. The summed E-state index contributed by atoms with van der Waals surface area (Å²) in [6.45, 7) is 1.36. The van der Waals surface area contributed by atoms with Gasteiger partial charge >= 0.3 is 5.97 Å². The standard InChI is InChI=1S/C24H23FN2O6S/c1-3-33-24(29)17-4-8-19(9-5-17)26-23(28)16-27(20-10-6-18(25)7-11-20)34(30,31)22-14-12-21(32-2)13-15-22/h4-15H,3,16H2,1-2H3,(H,26,28). The van der Waals surface area contributed by atoms with Gasteiger partial charge in [-0.25, -0.2) is 17.6 Å². The number of esters is 1. The van der Waals surface area contributed by atoms with Crippen molar-refractivity contribution < 1.29 is 31.9 Å². The summed E-state index contributed by atoms with van der Waals surface area (Å²) in [5.74, 6) is -1.20. The molecular weight excluding hydrogens is 463 g/mol. The Kier molecular flexibility index (Phi) is 7.85. The summed E-state index contributed by atoms with van der Waals surface area (Å²) in [7, 11) is -2.71. The van der Waals surface area contributed by atoms with E-state index in [1.54, 1.807) is 6.92 Å². The minimum atomic E-state index is -4.17. The van der Waals surface area contributed by atoms with Gasteiger partial charge < -0.3 is 14.8 Å². The third-order valence-corrected chi connectivity index (χ3v) is 6.52. The molecule has 0 saturated carbocycles. The molecule has 178 valence electrons. The Morgan fingerprint density at radius 1 is 0.941 bits per heavy atom. The maximum Gasteiger partial charge on any atom is 0.338 e. The molecule has 1 N–H and O–H groups in total. The molecule has 0 saturated heterocycles. The van der Waals surface area contributed by atoms with Gasteiger partial charge in [0, 0.05) is 5.69 Å². The smallest absolute Gasteiger partial charge is 0.338 e. The molecule has 0 fully saturated rings. The van der Waals surface area contributed by atoms with Crippen molar-refractivity contribution in [3.63, 3.8) is 0 Å². The predicted molar refractivity (Wildman–Crippen MR) is 125 cm³/mol. The molecule has 0 atom stereocenters. The molecule has 3 aromatic carbocycles. The van der Waals surface area contributed by atoms with Gasteiger partial charge in [-0.3, -0.25) is 9.10 Å². The lowest BCUT2D eigenvalue weighted by Gasteiger charge is -2.24. The van der Waals surface area contributed by atoms with Crippen LogP contribution >= 0.6 is 0 Å². The molecule has 0 spiro atoms. The fourth-order valence-corrected chi connectivity index (χ4v) is 4.45. The highest BCUT2D eigenvalue weighted by Gasteiger charge is 2.27. The first-order valence-electron chi connectivity index (χ1n) is 10.2. The van der Waals surface area contributed by atoms with Gasteiger partial charge in [-0.2, -0.15) is 0 Å². The Bertz CT molecular complexity index is 1240. The van der Waals surface area contributed by atoms with Crippen molar-refractivity contribution in [2.75, 3.05) is 29.9 Å². The lowest BCUT2D eigenvalue weighted by Crippen LogP contribution is -2.38. The van der Waals surface area contributed by atoms with E-state index in [1.807, 2.05) is 0 Å². The Hall–Kier alpha value is -3.92. The quantitative estimate of drug-likeness (QED) is 0.461. The van der Waals surface area contributed by atoms with Crippen molar-refractivity contribution in [3.05, 3.63) is 84.2 Å². The first-order valence-corrected chi connectivity index (χ1v) is 11.7. The summed E-state index contributed by atoms with van der Waals surface area (Å²) < 4.78 is 51.0. The number of ether oxygens (including phenoxy) is 2. The van der Waals surface area contributed by atoms with Crippen LogP contribution in [-0.4, -0.2) is 40.6 Å². The number of nitrogens with zero attached hydrogens (tertiary/aromatic N) is 1. The molecule has 8 nitrogen and oxygen atoms in total. The first-order chi connectivity index (χ1) is 16.2. The Morgan fingerprint density at radius 3 is 2.12 bits per heavy atom. The normalized spacial score (nSPS) is 10.9. The Morgan fingerprint density at radius 2 is 1.56 bits per heavy atom. The number of sulfonamides is 1. The molecule has 10 heteroatoms. The number of carbonyl (C=O) groups is 2. The number of hydrogen-bond donors (Lipinski definition) is 1. The molecule has 34 heavy (non-hydrogen) atoms. The van der Waals surface area contributed by atoms with E-state index in [2.05, 4.69) is 5.32 Å². The number of rotatable bonds is 9. The van der Waals surface area contributed by atoms with Crippen LogP contribution in [0.1, 0.15) is 17.3 Å². The highest BCUT2D eigenvalue weighted by atomic mass is 32.2. The van der Waals surface area contributed by atoms with Crippen LogP contribution in [0.15, 0.2) is 77.7 Å². The van der Waals surface area contributed by atoms with Crippen LogP contribution in [0.3, 0.4) is 0 Å². The summed E-state index contributed by atoms with van der Waals surface area (Å²) in [4.78, 5) is 24.5. The molecule has 0 unspecified atom stereocenters. The number of carbonyl (C=O) groups excluding carboxylic acids is 2. The summed E-state index contributed by atoms with van der Waals surface area (Å²) in [6, 6.07) is 16.4. The average Bonchev–Trinajstić information content (AvgIpc) is 2.84. The molecule has 0 heterocycles. The van der Waals surface area contributed by atoms with Crippen LogP contribution in [0.2, 0.25) is 0 Å². The predicted octanol–water partition coefficient (Wildman–Crippen LogP) is 3.85. The fourth-order valence-electron chi connectivity index (χ4n) is 3.03. The van der Waals surface area contributed by atoms with Crippen molar-refractivity contribution >= 4 is 33.3 Å². The van der Waals surface area contributed by atoms with Crippen LogP contribution in [-0.2, 0) is 19.6 Å². The minimum absolute atomic E-state index is 0.0655. The van der Waals surface area contributed by atoms with E-state index in [0.717, 1.165) is 16.4 Å². The Labute approximate surface area is 197 Å². The van der Waals surface area contributed by atoms with Crippen LogP contribution < -0.4 is 14.4 Å². The topological polar surface area (TPSA) is 102 Å². The number of nitrogens with one attached hydrogen (secondary N) is 1. The van der Waals surface area contributed by atoms with Crippen molar-refractivity contribution in [2.24, 2.45) is 0 Å². The maximum absolute atomic E-state index is 13.4. The molecule has 0 bridgehead atoms. The zero-order valence-corrected chi connectivity index (χ0v) is 19.3. The van der Waals surface area contributed by atoms with E-state index in [-0.39, 0.29) is 17.2 Å². The molecule has 3 aromatic rings. The van der Waals surface area contributed by atoms with Gasteiger partial charge in [0.25, 0.3) is 10.0 Å². The second-order valence-electron chi connectivity index (χ2n) is 7.01. The monoisotopic (exact) mass is 486 g/mol. The van der Waals surface area contributed by atoms with Crippen LogP contribution in [0.25, 0.3) is 0 Å². The minimum Gasteiger partial charge on any atom is -0.497 e. The van der Waals surface area contributed by atoms with E-state index in [4.69, 9.17) is 9.47 Å². The molecule has 1 amide bonds. The average molecular weight is 487 g/mol. The molecular formula is C24H23FN2O6S. The number of hydrogen-bond acceptors (Lipinski definition) is 6. The van der Waals surface area contributed by atoms with Crippen LogP contribution in [0, 0.1) is 5.82 Å². The number of anilines is 2. The van der Waals surface area contributed by atoms with Crippen molar-refractivity contribution in [2.45, 2.75) is 11.8 Å². The molecule has 0 aliphatic carbocycles. The van der Waals surface area contributed by atoms with Crippen molar-refractivity contribution in [1.29, 1.82) is 0 Å². The lowest BCUT2D eigenvalue weighted by atomic mass is 10.2. The maximum atomic E-state index is 13.4. The number of amides is 1. The van der Waals surface area contributed by atoms with Crippen molar-refractivity contribution in [3.8, 4) is 5.75 Å². The largest absolute Gasteiger partial charge is 0.497 e. The van der Waals surface area contributed by atoms with E-state index in [9.17, 15) is 22.4 Å². The van der Waals surface area contributed by atoms with Gasteiger partial charge in [-0.1, -0.05) is 0 Å².